The predicted octanol–water partition coefficient (Wildman–Crippen LogP) is 1.48. The van der Waals surface area contributed by atoms with Crippen molar-refractivity contribution < 1.29 is 0 Å². The first-order valence-electron chi connectivity index (χ1n) is 7.09. The maximum Gasteiger partial charge on any atom is 0.0574 e. The summed E-state index contributed by atoms with van der Waals surface area (Å²) in [5.41, 5.74) is 2.57. The maximum atomic E-state index is 4.43. The minimum atomic E-state index is 1.08. The molecule has 3 heterocycles. The van der Waals surface area contributed by atoms with Gasteiger partial charge in [0.15, 0.2) is 0 Å². The molecular formula is C14H22N4. The first kappa shape index (κ1) is 11.8. The van der Waals surface area contributed by atoms with E-state index >= 15 is 0 Å². The molecule has 0 unspecified atom stereocenters. The summed E-state index contributed by atoms with van der Waals surface area (Å²) in [5.74, 6) is 0. The average molecular weight is 246 g/mol. The molecule has 0 radical (unpaired) electrons. The van der Waals surface area contributed by atoms with Crippen molar-refractivity contribution in [2.24, 2.45) is 0 Å². The summed E-state index contributed by atoms with van der Waals surface area (Å²) in [6.45, 7) is 6.81. The molecule has 98 valence electrons. The fourth-order valence-electron chi connectivity index (χ4n) is 2.84. The van der Waals surface area contributed by atoms with Crippen LogP contribution < -0.4 is 15.1 Å². The summed E-state index contributed by atoms with van der Waals surface area (Å²) >= 11 is 0. The number of nitrogens with one attached hydrogen (secondary N) is 1. The lowest BCUT2D eigenvalue weighted by molar-refractivity contribution is 0.724. The maximum absolute atomic E-state index is 4.43. The highest BCUT2D eigenvalue weighted by atomic mass is 15.2. The molecule has 1 aromatic rings. The Bertz CT molecular complexity index is 379. The van der Waals surface area contributed by atoms with Gasteiger partial charge in [0.25, 0.3) is 0 Å². The van der Waals surface area contributed by atoms with Gasteiger partial charge in [-0.05, 0) is 31.9 Å². The summed E-state index contributed by atoms with van der Waals surface area (Å²) < 4.78 is 0. The van der Waals surface area contributed by atoms with E-state index in [1.165, 1.54) is 43.7 Å². The molecule has 0 amide bonds. The van der Waals surface area contributed by atoms with E-state index in [0.717, 1.165) is 26.2 Å². The standard InChI is InChI=1S/C14H22N4/c1-2-7-17(6-1)13-10-14(12-16-11-13)18-8-3-4-15-5-9-18/h10-12,15H,1-9H2. The highest BCUT2D eigenvalue weighted by Gasteiger charge is 2.15. The highest BCUT2D eigenvalue weighted by Crippen LogP contribution is 2.24. The highest BCUT2D eigenvalue weighted by molar-refractivity contribution is 5.57. The fourth-order valence-corrected chi connectivity index (χ4v) is 2.84. The largest absolute Gasteiger partial charge is 0.370 e. The predicted molar refractivity (Wildman–Crippen MR) is 75.4 cm³/mol. The minimum Gasteiger partial charge on any atom is -0.370 e. The van der Waals surface area contributed by atoms with Crippen LogP contribution in [0.5, 0.6) is 0 Å². The molecule has 0 spiro atoms. The zero-order valence-corrected chi connectivity index (χ0v) is 10.9. The molecule has 0 saturated carbocycles. The van der Waals surface area contributed by atoms with Crippen LogP contribution >= 0.6 is 0 Å². The normalized spacial score (nSPS) is 21.1. The Labute approximate surface area is 109 Å². The Morgan fingerprint density at radius 1 is 0.833 bits per heavy atom. The molecule has 2 aliphatic heterocycles. The molecule has 2 aliphatic rings. The van der Waals surface area contributed by atoms with Gasteiger partial charge in [0.2, 0.25) is 0 Å². The Morgan fingerprint density at radius 2 is 1.50 bits per heavy atom. The van der Waals surface area contributed by atoms with Crippen molar-refractivity contribution in [1.29, 1.82) is 0 Å². The Balaban J connectivity index is 1.76. The van der Waals surface area contributed by atoms with E-state index in [1.54, 1.807) is 0 Å². The van der Waals surface area contributed by atoms with Gasteiger partial charge in [-0.1, -0.05) is 0 Å². The number of rotatable bonds is 2. The lowest BCUT2D eigenvalue weighted by Crippen LogP contribution is -2.28. The van der Waals surface area contributed by atoms with E-state index in [4.69, 9.17) is 0 Å². The third-order valence-corrected chi connectivity index (χ3v) is 3.89. The van der Waals surface area contributed by atoms with E-state index in [2.05, 4.69) is 26.2 Å². The van der Waals surface area contributed by atoms with E-state index in [0.29, 0.717) is 0 Å². The fraction of sp³-hybridized carbons (Fsp3) is 0.643. The summed E-state index contributed by atoms with van der Waals surface area (Å²) in [6, 6.07) is 2.31. The van der Waals surface area contributed by atoms with Crippen LogP contribution in [-0.4, -0.2) is 44.3 Å². The molecule has 1 N–H and O–H groups in total. The second-order valence-corrected chi connectivity index (χ2v) is 5.19. The van der Waals surface area contributed by atoms with Gasteiger partial charge >= 0.3 is 0 Å². The molecule has 4 heteroatoms. The molecular weight excluding hydrogens is 224 g/mol. The molecule has 3 rings (SSSR count). The first-order valence-corrected chi connectivity index (χ1v) is 7.09. The van der Waals surface area contributed by atoms with Gasteiger partial charge in [0.1, 0.15) is 0 Å². The van der Waals surface area contributed by atoms with Gasteiger partial charge in [-0.25, -0.2) is 0 Å². The summed E-state index contributed by atoms with van der Waals surface area (Å²) in [4.78, 5) is 9.33. The SMILES string of the molecule is c1ncc(N2CCCNCC2)cc1N1CCCC1. The smallest absolute Gasteiger partial charge is 0.0574 e. The van der Waals surface area contributed by atoms with Crippen LogP contribution in [-0.2, 0) is 0 Å². The number of pyridine rings is 1. The Kier molecular flexibility index (Phi) is 3.64. The number of hydrogen-bond donors (Lipinski definition) is 1. The third kappa shape index (κ3) is 2.58. The zero-order chi connectivity index (χ0) is 12.2. The van der Waals surface area contributed by atoms with Gasteiger partial charge in [-0.2, -0.15) is 0 Å². The third-order valence-electron chi connectivity index (χ3n) is 3.89. The summed E-state index contributed by atoms with van der Waals surface area (Å²) in [5, 5.41) is 3.44. The molecule has 0 bridgehead atoms. The van der Waals surface area contributed by atoms with Crippen LogP contribution in [0.15, 0.2) is 18.5 Å². The van der Waals surface area contributed by atoms with E-state index in [9.17, 15) is 0 Å². The number of aromatic nitrogens is 1. The van der Waals surface area contributed by atoms with Crippen LogP contribution in [0.4, 0.5) is 11.4 Å². The average Bonchev–Trinajstić information content (AvgIpc) is 2.82. The van der Waals surface area contributed by atoms with Crippen LogP contribution in [0.3, 0.4) is 0 Å². The number of hydrogen-bond acceptors (Lipinski definition) is 4. The van der Waals surface area contributed by atoms with Crippen molar-refractivity contribution in [3.05, 3.63) is 18.5 Å². The number of nitrogens with zero attached hydrogens (tertiary/aromatic N) is 3. The van der Waals surface area contributed by atoms with Crippen molar-refractivity contribution in [2.45, 2.75) is 19.3 Å². The first-order chi connectivity index (χ1) is 8.93. The van der Waals surface area contributed by atoms with Crippen LogP contribution in [0.1, 0.15) is 19.3 Å². The molecule has 2 fully saturated rings. The van der Waals surface area contributed by atoms with Gasteiger partial charge in [0.05, 0.1) is 23.8 Å². The van der Waals surface area contributed by atoms with Crippen LogP contribution in [0.25, 0.3) is 0 Å². The van der Waals surface area contributed by atoms with Gasteiger partial charge < -0.3 is 15.1 Å². The van der Waals surface area contributed by atoms with Crippen LogP contribution in [0, 0.1) is 0 Å². The lowest BCUT2D eigenvalue weighted by atomic mass is 10.3. The summed E-state index contributed by atoms with van der Waals surface area (Å²) in [6.07, 6.45) is 7.86. The Morgan fingerprint density at radius 3 is 2.28 bits per heavy atom. The van der Waals surface area contributed by atoms with E-state index in [-0.39, 0.29) is 0 Å². The molecule has 0 atom stereocenters. The topological polar surface area (TPSA) is 31.4 Å². The Hall–Kier alpha value is -1.29. The van der Waals surface area contributed by atoms with Crippen molar-refractivity contribution in [3.63, 3.8) is 0 Å². The quantitative estimate of drug-likeness (QED) is 0.856. The van der Waals surface area contributed by atoms with Gasteiger partial charge in [-0.3, -0.25) is 4.98 Å². The number of anilines is 2. The van der Waals surface area contributed by atoms with E-state index in [1.807, 2.05) is 12.4 Å². The molecule has 0 aromatic carbocycles. The van der Waals surface area contributed by atoms with Crippen LogP contribution in [0.2, 0.25) is 0 Å². The molecule has 0 aliphatic carbocycles. The molecule has 1 aromatic heterocycles. The lowest BCUT2D eigenvalue weighted by Gasteiger charge is -2.24. The second-order valence-electron chi connectivity index (χ2n) is 5.19. The summed E-state index contributed by atoms with van der Waals surface area (Å²) in [7, 11) is 0. The monoisotopic (exact) mass is 246 g/mol. The molecule has 18 heavy (non-hydrogen) atoms. The van der Waals surface area contributed by atoms with Crippen molar-refractivity contribution >= 4 is 11.4 Å². The van der Waals surface area contributed by atoms with Gasteiger partial charge in [-0.15, -0.1) is 0 Å². The minimum absolute atomic E-state index is 1.08. The zero-order valence-electron chi connectivity index (χ0n) is 10.9. The second kappa shape index (κ2) is 5.57. The van der Waals surface area contributed by atoms with E-state index < -0.39 is 0 Å². The van der Waals surface area contributed by atoms with Crippen molar-refractivity contribution in [3.8, 4) is 0 Å². The van der Waals surface area contributed by atoms with Gasteiger partial charge in [0, 0.05) is 32.7 Å². The van der Waals surface area contributed by atoms with Crippen molar-refractivity contribution in [2.75, 3.05) is 49.1 Å². The molecule has 4 nitrogen and oxygen atoms in total. The van der Waals surface area contributed by atoms with Crippen molar-refractivity contribution in [1.82, 2.24) is 10.3 Å². The molecule has 2 saturated heterocycles.